The van der Waals surface area contributed by atoms with Crippen LogP contribution >= 0.6 is 15.9 Å². The molecule has 0 saturated heterocycles. The molecule has 2 unspecified atom stereocenters. The van der Waals surface area contributed by atoms with Gasteiger partial charge in [-0.1, -0.05) is 48.8 Å². The van der Waals surface area contributed by atoms with Gasteiger partial charge in [0, 0.05) is 16.4 Å². The lowest BCUT2D eigenvalue weighted by Gasteiger charge is -2.43. The van der Waals surface area contributed by atoms with Crippen molar-refractivity contribution in [1.29, 1.82) is 0 Å². The predicted molar refractivity (Wildman–Crippen MR) is 85.5 cm³/mol. The second-order valence-corrected chi connectivity index (χ2v) is 6.15. The minimum atomic E-state index is -0.349. The number of halogens is 1. The van der Waals surface area contributed by atoms with Crippen LogP contribution in [0.2, 0.25) is 0 Å². The molecule has 0 fully saturated rings. The van der Waals surface area contributed by atoms with Crippen LogP contribution in [0.1, 0.15) is 39.7 Å². The average molecular weight is 328 g/mol. The third-order valence-electron chi connectivity index (χ3n) is 4.26. The van der Waals surface area contributed by atoms with Gasteiger partial charge in [0.2, 0.25) is 0 Å². The molecule has 0 bridgehead atoms. The number of benzene rings is 1. The van der Waals surface area contributed by atoms with E-state index in [0.29, 0.717) is 6.42 Å². The van der Waals surface area contributed by atoms with Crippen molar-refractivity contribution >= 4 is 15.9 Å². The minimum absolute atomic E-state index is 0.156. The summed E-state index contributed by atoms with van der Waals surface area (Å²) in [5.74, 6) is 0. The van der Waals surface area contributed by atoms with Crippen LogP contribution in [0.15, 0.2) is 28.7 Å². The largest absolute Gasteiger partial charge is 0.391 e. The van der Waals surface area contributed by atoms with Crippen molar-refractivity contribution < 1.29 is 5.11 Å². The quantitative estimate of drug-likeness (QED) is 0.821. The molecule has 0 aromatic heterocycles. The highest BCUT2D eigenvalue weighted by atomic mass is 79.9. The first kappa shape index (κ1) is 16.7. The van der Waals surface area contributed by atoms with Gasteiger partial charge >= 0.3 is 0 Å². The molecule has 1 rings (SSSR count). The fourth-order valence-corrected chi connectivity index (χ4v) is 2.94. The maximum absolute atomic E-state index is 10.7. The Balaban J connectivity index is 2.83. The lowest BCUT2D eigenvalue weighted by molar-refractivity contribution is -0.0190. The number of aliphatic hydroxyl groups is 1. The van der Waals surface area contributed by atoms with Crippen molar-refractivity contribution in [2.45, 2.75) is 52.2 Å². The first-order chi connectivity index (χ1) is 8.97. The van der Waals surface area contributed by atoms with E-state index >= 15 is 0 Å². The Hall–Kier alpha value is -0.380. The van der Waals surface area contributed by atoms with Crippen molar-refractivity contribution in [2.24, 2.45) is 0 Å². The third kappa shape index (κ3) is 4.04. The Morgan fingerprint density at radius 2 is 1.68 bits per heavy atom. The van der Waals surface area contributed by atoms with Gasteiger partial charge in [-0.3, -0.25) is 4.90 Å². The molecule has 3 heteroatoms. The lowest BCUT2D eigenvalue weighted by atomic mass is 9.85. The maximum atomic E-state index is 10.7. The normalized spacial score (nSPS) is 16.4. The Bertz CT molecular complexity index is 375. The van der Waals surface area contributed by atoms with Gasteiger partial charge in [-0.15, -0.1) is 0 Å². The van der Waals surface area contributed by atoms with Crippen LogP contribution in [0.25, 0.3) is 0 Å². The highest BCUT2D eigenvalue weighted by Gasteiger charge is 2.35. The van der Waals surface area contributed by atoms with Crippen LogP contribution in [-0.2, 0) is 6.42 Å². The van der Waals surface area contributed by atoms with E-state index in [-0.39, 0.29) is 11.6 Å². The molecule has 0 heterocycles. The number of rotatable bonds is 7. The minimum Gasteiger partial charge on any atom is -0.391 e. The second-order valence-electron chi connectivity index (χ2n) is 5.23. The van der Waals surface area contributed by atoms with E-state index in [4.69, 9.17) is 0 Å². The van der Waals surface area contributed by atoms with E-state index in [2.05, 4.69) is 60.7 Å². The predicted octanol–water partition coefficient (Wildman–Crippen LogP) is 3.86. The lowest BCUT2D eigenvalue weighted by Crippen LogP contribution is -2.54. The number of nitrogens with zero attached hydrogens (tertiary/aromatic N) is 1. The summed E-state index contributed by atoms with van der Waals surface area (Å²) >= 11 is 3.44. The van der Waals surface area contributed by atoms with Crippen LogP contribution < -0.4 is 0 Å². The summed E-state index contributed by atoms with van der Waals surface area (Å²) in [5.41, 5.74) is 1.03. The van der Waals surface area contributed by atoms with Gasteiger partial charge in [0.15, 0.2) is 0 Å². The summed E-state index contributed by atoms with van der Waals surface area (Å²) in [4.78, 5) is 2.36. The first-order valence-corrected chi connectivity index (χ1v) is 7.94. The van der Waals surface area contributed by atoms with Gasteiger partial charge in [0.1, 0.15) is 0 Å². The van der Waals surface area contributed by atoms with Crippen LogP contribution in [0, 0.1) is 0 Å². The monoisotopic (exact) mass is 327 g/mol. The molecular weight excluding hydrogens is 302 g/mol. The molecule has 19 heavy (non-hydrogen) atoms. The molecule has 0 radical (unpaired) electrons. The molecule has 1 aromatic carbocycles. The Morgan fingerprint density at radius 1 is 1.16 bits per heavy atom. The van der Waals surface area contributed by atoms with Gasteiger partial charge in [-0.25, -0.2) is 0 Å². The van der Waals surface area contributed by atoms with E-state index in [1.54, 1.807) is 0 Å². The number of hydrogen-bond donors (Lipinski definition) is 1. The van der Waals surface area contributed by atoms with Crippen LogP contribution in [0.3, 0.4) is 0 Å². The van der Waals surface area contributed by atoms with E-state index in [1.165, 1.54) is 5.56 Å². The Kier molecular flexibility index (Phi) is 6.51. The molecule has 0 amide bonds. The van der Waals surface area contributed by atoms with Crippen molar-refractivity contribution in [3.05, 3.63) is 34.3 Å². The van der Waals surface area contributed by atoms with Crippen molar-refractivity contribution in [1.82, 2.24) is 4.90 Å². The van der Waals surface area contributed by atoms with Crippen molar-refractivity contribution in [3.63, 3.8) is 0 Å². The zero-order chi connectivity index (χ0) is 14.5. The molecule has 2 nitrogen and oxygen atoms in total. The molecular formula is C16H26BrNO. The number of aliphatic hydroxyl groups excluding tert-OH is 1. The topological polar surface area (TPSA) is 23.5 Å². The highest BCUT2D eigenvalue weighted by molar-refractivity contribution is 9.10. The van der Waals surface area contributed by atoms with Crippen LogP contribution in [0.4, 0.5) is 0 Å². The van der Waals surface area contributed by atoms with Crippen molar-refractivity contribution in [2.75, 3.05) is 13.1 Å². The molecule has 0 saturated carbocycles. The molecule has 1 N–H and O–H groups in total. The smallest absolute Gasteiger partial charge is 0.0761 e. The zero-order valence-corrected chi connectivity index (χ0v) is 14.1. The van der Waals surface area contributed by atoms with Gasteiger partial charge < -0.3 is 5.11 Å². The summed E-state index contributed by atoms with van der Waals surface area (Å²) in [6.45, 7) is 10.6. The SMILES string of the molecule is CCN(CC)C(C)(CC)C(O)Cc1ccc(Br)cc1. The zero-order valence-electron chi connectivity index (χ0n) is 12.5. The fourth-order valence-electron chi connectivity index (χ4n) is 2.68. The Labute approximate surface area is 126 Å². The van der Waals surface area contributed by atoms with Gasteiger partial charge in [0.05, 0.1) is 6.10 Å². The molecule has 0 aliphatic rings. The van der Waals surface area contributed by atoms with Crippen LogP contribution in [-0.4, -0.2) is 34.7 Å². The third-order valence-corrected chi connectivity index (χ3v) is 4.79. The maximum Gasteiger partial charge on any atom is 0.0761 e. The summed E-state index contributed by atoms with van der Waals surface area (Å²) in [6, 6.07) is 8.21. The van der Waals surface area contributed by atoms with Crippen molar-refractivity contribution in [3.8, 4) is 0 Å². The number of hydrogen-bond acceptors (Lipinski definition) is 2. The number of likely N-dealkylation sites (N-methyl/N-ethyl adjacent to an activating group) is 1. The van der Waals surface area contributed by atoms with Gasteiger partial charge in [-0.2, -0.15) is 0 Å². The molecule has 0 spiro atoms. The summed E-state index contributed by atoms with van der Waals surface area (Å²) in [6.07, 6.45) is 1.30. The summed E-state index contributed by atoms with van der Waals surface area (Å²) < 4.78 is 1.08. The summed E-state index contributed by atoms with van der Waals surface area (Å²) in [5, 5.41) is 10.7. The average Bonchev–Trinajstić information content (AvgIpc) is 2.42. The van der Waals surface area contributed by atoms with E-state index in [0.717, 1.165) is 24.0 Å². The Morgan fingerprint density at radius 3 is 2.11 bits per heavy atom. The second kappa shape index (κ2) is 7.41. The van der Waals surface area contributed by atoms with E-state index in [1.807, 2.05) is 12.1 Å². The first-order valence-electron chi connectivity index (χ1n) is 7.15. The standard InChI is InChI=1S/C16H26BrNO/c1-5-16(4,18(6-2)7-3)15(19)12-13-8-10-14(17)11-9-13/h8-11,15,19H,5-7,12H2,1-4H3. The molecule has 1 aromatic rings. The fraction of sp³-hybridized carbons (Fsp3) is 0.625. The van der Waals surface area contributed by atoms with Gasteiger partial charge in [-0.05, 0) is 44.1 Å². The summed E-state index contributed by atoms with van der Waals surface area (Å²) in [7, 11) is 0. The van der Waals surface area contributed by atoms with Gasteiger partial charge in [0.25, 0.3) is 0 Å². The molecule has 0 aliphatic carbocycles. The molecule has 108 valence electrons. The molecule has 0 aliphatic heterocycles. The molecule has 2 atom stereocenters. The highest BCUT2D eigenvalue weighted by Crippen LogP contribution is 2.26. The van der Waals surface area contributed by atoms with Crippen LogP contribution in [0.5, 0.6) is 0 Å². The van der Waals surface area contributed by atoms with E-state index in [9.17, 15) is 5.11 Å². The van der Waals surface area contributed by atoms with E-state index < -0.39 is 0 Å².